The molecule has 1 aliphatic carbocycles. The Morgan fingerprint density at radius 3 is 2.35 bits per heavy atom. The summed E-state index contributed by atoms with van der Waals surface area (Å²) < 4.78 is 0. The van der Waals surface area contributed by atoms with E-state index in [0.717, 1.165) is 0 Å². The van der Waals surface area contributed by atoms with Gasteiger partial charge in [0.05, 0.1) is 19.5 Å². The molecule has 0 aromatic rings. The summed E-state index contributed by atoms with van der Waals surface area (Å²) in [5.74, 6) is 0. The van der Waals surface area contributed by atoms with Crippen LogP contribution in [0.1, 0.15) is 33.1 Å². The summed E-state index contributed by atoms with van der Waals surface area (Å²) in [4.78, 5) is 9.65. The summed E-state index contributed by atoms with van der Waals surface area (Å²) in [6, 6.07) is -1.33. The Morgan fingerprint density at radius 1 is 1.15 bits per heavy atom. The van der Waals surface area contributed by atoms with E-state index in [2.05, 4.69) is 4.94 Å². The van der Waals surface area contributed by atoms with Crippen molar-refractivity contribution in [2.45, 2.75) is 57.0 Å². The highest BCUT2D eigenvalue weighted by molar-refractivity contribution is 4.80. The minimum Gasteiger partial charge on any atom is -0.632 e. The van der Waals surface area contributed by atoms with Gasteiger partial charge < -0.3 is 25.9 Å². The number of rotatable bonds is 4. The summed E-state index contributed by atoms with van der Waals surface area (Å²) >= 11 is 0. The van der Waals surface area contributed by atoms with Crippen molar-refractivity contribution in [1.29, 1.82) is 0 Å². The highest BCUT2D eigenvalue weighted by atomic mass is 17.1. The first-order valence-electron chi connectivity index (χ1n) is 6.72. The molecule has 2 aliphatic rings. The highest BCUT2D eigenvalue weighted by Crippen LogP contribution is 2.17. The van der Waals surface area contributed by atoms with E-state index in [1.54, 1.807) is 13.8 Å². The van der Waals surface area contributed by atoms with Crippen molar-refractivity contribution in [2.75, 3.05) is 7.05 Å². The van der Waals surface area contributed by atoms with Crippen LogP contribution in [0.4, 0.5) is 0 Å². The largest absolute Gasteiger partial charge is 0.632 e. The number of hydrogen-bond donors (Lipinski definition) is 4. The molecule has 1 heterocycles. The third kappa shape index (κ3) is 3.09. The quantitative estimate of drug-likeness (QED) is 0.233. The predicted octanol–water partition coefficient (Wildman–Crippen LogP) is -5.04. The van der Waals surface area contributed by atoms with Crippen LogP contribution < -0.4 is 20.7 Å². The molecule has 7 unspecified atom stereocenters. The Morgan fingerprint density at radius 2 is 1.75 bits per heavy atom. The fourth-order valence-electron chi connectivity index (χ4n) is 3.10. The van der Waals surface area contributed by atoms with Crippen molar-refractivity contribution in [3.8, 4) is 0 Å². The zero-order valence-corrected chi connectivity index (χ0v) is 11.8. The Kier molecular flexibility index (Phi) is 4.61. The number of nitrogens with one attached hydrogen (secondary N) is 4. The summed E-state index contributed by atoms with van der Waals surface area (Å²) in [5, 5.41) is 44.7. The molecule has 0 amide bonds. The molecule has 10 heteroatoms. The monoisotopic (exact) mass is 294 g/mol. The van der Waals surface area contributed by atoms with Gasteiger partial charge in [0.15, 0.2) is 12.1 Å². The maximum absolute atomic E-state index is 12.4. The minimum absolute atomic E-state index is 0.210. The standard InChI is InChI=1S/C10H22N4O6/c1-10(2,19-11(3)15)12(16)7-4-5-8-9(6-7)14(18)20-13(8)17/h7-9,11-14H,4-6H2,1-3H3. The number of hydrogen-bond acceptors (Lipinski definition) is 6. The average Bonchev–Trinajstić information content (AvgIpc) is 2.62. The van der Waals surface area contributed by atoms with E-state index in [1.165, 1.54) is 7.05 Å². The van der Waals surface area contributed by atoms with Crippen LogP contribution in [0, 0.1) is 20.8 Å². The number of hydroxylamine groups is 8. The van der Waals surface area contributed by atoms with Crippen LogP contribution in [0.3, 0.4) is 0 Å². The van der Waals surface area contributed by atoms with Crippen molar-refractivity contribution in [3.05, 3.63) is 20.8 Å². The van der Waals surface area contributed by atoms with E-state index < -0.39 is 33.5 Å². The van der Waals surface area contributed by atoms with Gasteiger partial charge in [0.25, 0.3) is 0 Å². The third-order valence-electron chi connectivity index (χ3n) is 4.02. The molecular weight excluding hydrogens is 272 g/mol. The SMILES string of the molecule is C[NH+]([O-])OC(C)(C)[NH+]([O-])C1CCC2C(C1)[NH+]([O-])O[NH+]2[O-]. The second kappa shape index (κ2) is 5.77. The molecule has 118 valence electrons. The van der Waals surface area contributed by atoms with Crippen LogP contribution in [-0.4, -0.2) is 30.9 Å². The van der Waals surface area contributed by atoms with E-state index in [9.17, 15) is 20.8 Å². The zero-order valence-electron chi connectivity index (χ0n) is 11.8. The molecule has 1 saturated heterocycles. The van der Waals surface area contributed by atoms with Gasteiger partial charge in [-0.25, -0.2) is 5.23 Å². The van der Waals surface area contributed by atoms with Gasteiger partial charge in [0.2, 0.25) is 5.72 Å². The molecule has 10 nitrogen and oxygen atoms in total. The van der Waals surface area contributed by atoms with Gasteiger partial charge in [0, 0.05) is 26.7 Å². The van der Waals surface area contributed by atoms with Gasteiger partial charge in [-0.05, 0) is 4.94 Å². The van der Waals surface area contributed by atoms with Gasteiger partial charge in [0.1, 0.15) is 0 Å². The molecule has 0 bridgehead atoms. The Labute approximate surface area is 116 Å². The van der Waals surface area contributed by atoms with Crippen LogP contribution in [0.5, 0.6) is 0 Å². The van der Waals surface area contributed by atoms with Gasteiger partial charge in [-0.2, -0.15) is 10.5 Å². The molecule has 7 atom stereocenters. The summed E-state index contributed by atoms with van der Waals surface area (Å²) in [6.45, 7) is 3.09. The van der Waals surface area contributed by atoms with E-state index in [1.807, 2.05) is 0 Å². The van der Waals surface area contributed by atoms with Crippen LogP contribution >= 0.6 is 0 Å². The third-order valence-corrected chi connectivity index (χ3v) is 4.02. The van der Waals surface area contributed by atoms with Crippen molar-refractivity contribution in [3.63, 3.8) is 0 Å². The predicted molar refractivity (Wildman–Crippen MR) is 64.7 cm³/mol. The Hall–Kier alpha value is -0.400. The van der Waals surface area contributed by atoms with Crippen LogP contribution in [0.25, 0.3) is 0 Å². The molecule has 4 N–H and O–H groups in total. The van der Waals surface area contributed by atoms with Crippen molar-refractivity contribution in [2.24, 2.45) is 0 Å². The maximum atomic E-state index is 12.4. The van der Waals surface area contributed by atoms with E-state index in [4.69, 9.17) is 4.84 Å². The van der Waals surface area contributed by atoms with Crippen molar-refractivity contribution < 1.29 is 30.5 Å². The van der Waals surface area contributed by atoms with Gasteiger partial charge in [-0.3, -0.25) is 0 Å². The fraction of sp³-hybridized carbons (Fsp3) is 1.00. The van der Waals surface area contributed by atoms with E-state index in [0.29, 0.717) is 19.3 Å². The van der Waals surface area contributed by atoms with Gasteiger partial charge in [-0.15, -0.1) is 4.84 Å². The average molecular weight is 294 g/mol. The molecule has 0 aromatic carbocycles. The lowest BCUT2D eigenvalue weighted by Gasteiger charge is -2.44. The molecule has 20 heavy (non-hydrogen) atoms. The zero-order chi connectivity index (χ0) is 15.1. The molecule has 2 fully saturated rings. The maximum Gasteiger partial charge on any atom is 0.247 e. The normalized spacial score (nSPS) is 41.2. The van der Waals surface area contributed by atoms with Gasteiger partial charge >= 0.3 is 0 Å². The molecule has 1 saturated carbocycles. The number of fused-ring (bicyclic) bond motifs is 1. The lowest BCUT2D eigenvalue weighted by atomic mass is 9.87. The van der Waals surface area contributed by atoms with E-state index in [-0.39, 0.29) is 11.1 Å². The molecular formula is C10H22N4O6. The first kappa shape index (κ1) is 16.0. The second-order valence-corrected chi connectivity index (χ2v) is 5.93. The molecule has 1 aliphatic heterocycles. The minimum atomic E-state index is -1.21. The Balaban J connectivity index is 2.00. The van der Waals surface area contributed by atoms with Crippen LogP contribution in [0.15, 0.2) is 0 Å². The molecule has 0 spiro atoms. The lowest BCUT2D eigenvalue weighted by Crippen LogP contribution is -3.24. The molecule has 0 aromatic heterocycles. The topological polar surface area (TPSA) is 128 Å². The smallest absolute Gasteiger partial charge is 0.247 e. The first-order valence-corrected chi connectivity index (χ1v) is 6.72. The van der Waals surface area contributed by atoms with Crippen molar-refractivity contribution >= 4 is 0 Å². The molecule has 0 radical (unpaired) electrons. The van der Waals surface area contributed by atoms with E-state index >= 15 is 0 Å². The summed E-state index contributed by atoms with van der Waals surface area (Å²) in [7, 11) is 1.25. The summed E-state index contributed by atoms with van der Waals surface area (Å²) in [6.07, 6.45) is 1.26. The Bertz CT molecular complexity index is 344. The number of quaternary nitrogens is 4. The lowest BCUT2D eigenvalue weighted by molar-refractivity contribution is -1.27. The highest BCUT2D eigenvalue weighted by Gasteiger charge is 2.51. The van der Waals surface area contributed by atoms with Gasteiger partial charge in [-0.1, -0.05) is 0 Å². The molecule has 2 rings (SSSR count). The van der Waals surface area contributed by atoms with Crippen LogP contribution in [0.2, 0.25) is 0 Å². The fourth-order valence-corrected chi connectivity index (χ4v) is 3.10. The second-order valence-electron chi connectivity index (χ2n) is 5.93. The van der Waals surface area contributed by atoms with Crippen LogP contribution in [-0.2, 0) is 9.78 Å². The summed E-state index contributed by atoms with van der Waals surface area (Å²) in [5.41, 5.74) is -1.21. The first-order chi connectivity index (χ1) is 9.22. The van der Waals surface area contributed by atoms with Crippen molar-refractivity contribution in [1.82, 2.24) is 0 Å².